The van der Waals surface area contributed by atoms with E-state index in [1.165, 1.54) is 71.7 Å². The number of nitrogens with zero attached hydrogens (tertiary/aromatic N) is 1. The Bertz CT molecular complexity index is 1420. The van der Waals surface area contributed by atoms with Crippen LogP contribution in [0.3, 0.4) is 0 Å². The third kappa shape index (κ3) is 2.15. The molecule has 0 amide bonds. The van der Waals surface area contributed by atoms with E-state index in [9.17, 15) is 0 Å². The van der Waals surface area contributed by atoms with Gasteiger partial charge in [-0.05, 0) is 103 Å². The topological polar surface area (TPSA) is 26.2 Å². The van der Waals surface area contributed by atoms with Crippen molar-refractivity contribution in [1.82, 2.24) is 0 Å². The number of hydrogen-bond acceptors (Lipinski definition) is 2. The minimum absolute atomic E-state index is 0.363. The standard InChI is InChI=1S/C29H28NO2/c1-16-22-4-6-31-23(22)12-25-26(16)28-27-20(3-5-30(28)2)10-21(11-24(27)32-25)29-13-17-7-18(14-29)9-19(8-17)15-29/h3-6,10-12,17-19H,7-9,13-15H2,1-2H3/q+1. The molecule has 4 fully saturated rings. The molecule has 0 atom stereocenters. The van der Waals surface area contributed by atoms with Crippen molar-refractivity contribution in [3.63, 3.8) is 0 Å². The zero-order valence-corrected chi connectivity index (χ0v) is 18.8. The summed E-state index contributed by atoms with van der Waals surface area (Å²) >= 11 is 0. The van der Waals surface area contributed by atoms with Crippen molar-refractivity contribution in [1.29, 1.82) is 0 Å². The largest absolute Gasteiger partial charge is 0.464 e. The van der Waals surface area contributed by atoms with E-state index in [0.717, 1.165) is 40.2 Å². The molecule has 3 nitrogen and oxygen atoms in total. The summed E-state index contributed by atoms with van der Waals surface area (Å²) in [5, 5.41) is 3.73. The van der Waals surface area contributed by atoms with Crippen LogP contribution in [0, 0.1) is 24.7 Å². The monoisotopic (exact) mass is 422 g/mol. The minimum Gasteiger partial charge on any atom is -0.464 e. The number of benzene rings is 2. The van der Waals surface area contributed by atoms with Gasteiger partial charge in [0.25, 0.3) is 0 Å². The van der Waals surface area contributed by atoms with E-state index < -0.39 is 0 Å². The number of fused-ring (bicyclic) bond motifs is 3. The van der Waals surface area contributed by atoms with Gasteiger partial charge in [-0.1, -0.05) is 0 Å². The van der Waals surface area contributed by atoms with Gasteiger partial charge in [0.2, 0.25) is 5.69 Å². The highest BCUT2D eigenvalue weighted by Gasteiger charge is 2.52. The molecule has 4 aliphatic carbocycles. The lowest BCUT2D eigenvalue weighted by Gasteiger charge is -2.57. The second-order valence-electron chi connectivity index (χ2n) is 11.2. The second-order valence-corrected chi connectivity index (χ2v) is 11.2. The average molecular weight is 423 g/mol. The van der Waals surface area contributed by atoms with Gasteiger partial charge in [-0.2, -0.15) is 0 Å². The third-order valence-corrected chi connectivity index (χ3v) is 9.29. The molecule has 3 heterocycles. The summed E-state index contributed by atoms with van der Waals surface area (Å²) < 4.78 is 14.7. The molecule has 0 radical (unpaired) electrons. The molecule has 4 aromatic rings. The van der Waals surface area contributed by atoms with Gasteiger partial charge in [0.05, 0.1) is 17.2 Å². The van der Waals surface area contributed by atoms with Crippen LogP contribution in [0.5, 0.6) is 11.5 Å². The van der Waals surface area contributed by atoms with Crippen molar-refractivity contribution in [2.45, 2.75) is 50.9 Å². The molecule has 160 valence electrons. The fraction of sp³-hybridized carbons (Fsp3) is 0.414. The quantitative estimate of drug-likeness (QED) is 0.273. The van der Waals surface area contributed by atoms with Gasteiger partial charge in [0, 0.05) is 17.5 Å². The lowest BCUT2D eigenvalue weighted by molar-refractivity contribution is -0.659. The van der Waals surface area contributed by atoms with Crippen LogP contribution in [0.15, 0.2) is 47.2 Å². The maximum atomic E-state index is 6.69. The van der Waals surface area contributed by atoms with Gasteiger partial charge in [0.1, 0.15) is 24.1 Å². The number of rotatable bonds is 1. The van der Waals surface area contributed by atoms with Crippen LogP contribution >= 0.6 is 0 Å². The van der Waals surface area contributed by atoms with Crippen molar-refractivity contribution in [2.75, 3.05) is 0 Å². The molecule has 2 aromatic heterocycles. The Kier molecular flexibility index (Phi) is 3.18. The van der Waals surface area contributed by atoms with E-state index in [1.807, 2.05) is 0 Å². The molecule has 3 heteroatoms. The van der Waals surface area contributed by atoms with Crippen LogP contribution in [0.2, 0.25) is 0 Å². The Balaban J connectivity index is 1.39. The highest BCUT2D eigenvalue weighted by molar-refractivity contribution is 6.04. The Morgan fingerprint density at radius 3 is 2.44 bits per heavy atom. The molecule has 1 aliphatic heterocycles. The molecule has 4 bridgehead atoms. The smallest absolute Gasteiger partial charge is 0.228 e. The van der Waals surface area contributed by atoms with Gasteiger partial charge in [-0.15, -0.1) is 0 Å². The number of hydrogen-bond donors (Lipinski definition) is 0. The molecule has 0 saturated heterocycles. The van der Waals surface area contributed by atoms with Crippen molar-refractivity contribution < 1.29 is 13.7 Å². The van der Waals surface area contributed by atoms with Crippen LogP contribution in [0.1, 0.15) is 49.7 Å². The fourth-order valence-electron chi connectivity index (χ4n) is 8.36. The summed E-state index contributed by atoms with van der Waals surface area (Å²) in [6, 6.07) is 11.3. The molecule has 9 rings (SSSR count). The zero-order valence-electron chi connectivity index (χ0n) is 18.8. The number of furan rings is 1. The summed E-state index contributed by atoms with van der Waals surface area (Å²) in [4.78, 5) is 0. The Morgan fingerprint density at radius 1 is 0.938 bits per heavy atom. The Hall–Kier alpha value is -2.81. The maximum Gasteiger partial charge on any atom is 0.228 e. The first-order chi connectivity index (χ1) is 15.6. The molecule has 0 spiro atoms. The van der Waals surface area contributed by atoms with E-state index in [2.05, 4.69) is 55.1 Å². The predicted octanol–water partition coefficient (Wildman–Crippen LogP) is 6.96. The van der Waals surface area contributed by atoms with Gasteiger partial charge >= 0.3 is 0 Å². The highest BCUT2D eigenvalue weighted by atomic mass is 16.5. The summed E-state index contributed by atoms with van der Waals surface area (Å²) in [5.41, 5.74) is 6.47. The van der Waals surface area contributed by atoms with Crippen LogP contribution in [0.4, 0.5) is 0 Å². The molecular formula is C29H28NO2+. The summed E-state index contributed by atoms with van der Waals surface area (Å²) in [6.45, 7) is 2.19. The first-order valence-corrected chi connectivity index (χ1v) is 12.2. The highest BCUT2D eigenvalue weighted by Crippen LogP contribution is 2.61. The first kappa shape index (κ1) is 17.7. The van der Waals surface area contributed by atoms with Crippen molar-refractivity contribution in [3.8, 4) is 22.8 Å². The SMILES string of the molecule is Cc1c2c(cc3occc13)Oc1cc(C34CC5CC(CC(C5)C3)C4)cc3cc[n+](C)c-2c13. The lowest BCUT2D eigenvalue weighted by atomic mass is 9.48. The van der Waals surface area contributed by atoms with E-state index in [-0.39, 0.29) is 0 Å². The molecular weight excluding hydrogens is 394 g/mol. The minimum atomic E-state index is 0.363. The van der Waals surface area contributed by atoms with Crippen LogP contribution in [0.25, 0.3) is 33.0 Å². The Morgan fingerprint density at radius 2 is 1.69 bits per heavy atom. The summed E-state index contributed by atoms with van der Waals surface area (Å²) in [6.07, 6.45) is 12.5. The van der Waals surface area contributed by atoms with Gasteiger partial charge in [-0.25, -0.2) is 4.57 Å². The molecule has 2 aromatic carbocycles. The van der Waals surface area contributed by atoms with Gasteiger partial charge in [0.15, 0.2) is 6.20 Å². The van der Waals surface area contributed by atoms with Crippen LogP contribution < -0.4 is 9.30 Å². The number of aryl methyl sites for hydroxylation is 2. The number of aromatic nitrogens is 1. The summed E-state index contributed by atoms with van der Waals surface area (Å²) in [5.74, 6) is 4.76. The normalized spacial score (nSPS) is 29.5. The number of ether oxygens (including phenoxy) is 1. The van der Waals surface area contributed by atoms with E-state index >= 15 is 0 Å². The predicted molar refractivity (Wildman–Crippen MR) is 125 cm³/mol. The fourth-order valence-corrected chi connectivity index (χ4v) is 8.36. The van der Waals surface area contributed by atoms with Crippen molar-refractivity contribution in [2.24, 2.45) is 24.8 Å². The third-order valence-electron chi connectivity index (χ3n) is 9.29. The maximum absolute atomic E-state index is 6.69. The average Bonchev–Trinajstić information content (AvgIpc) is 3.23. The van der Waals surface area contributed by atoms with E-state index in [1.54, 1.807) is 6.26 Å². The molecule has 0 N–H and O–H groups in total. The molecule has 0 unspecified atom stereocenters. The molecule has 5 aliphatic rings. The number of pyridine rings is 1. The van der Waals surface area contributed by atoms with Crippen molar-refractivity contribution in [3.05, 3.63) is 53.9 Å². The molecule has 32 heavy (non-hydrogen) atoms. The molecule has 4 saturated carbocycles. The van der Waals surface area contributed by atoms with Crippen LogP contribution in [-0.2, 0) is 12.5 Å². The zero-order chi connectivity index (χ0) is 21.2. The van der Waals surface area contributed by atoms with Gasteiger partial charge < -0.3 is 9.15 Å². The lowest BCUT2D eigenvalue weighted by Crippen LogP contribution is -2.48. The van der Waals surface area contributed by atoms with Crippen LogP contribution in [-0.4, -0.2) is 0 Å². The van der Waals surface area contributed by atoms with E-state index in [0.29, 0.717) is 5.41 Å². The second kappa shape index (κ2) is 5.75. The first-order valence-electron chi connectivity index (χ1n) is 12.2. The van der Waals surface area contributed by atoms with Crippen molar-refractivity contribution >= 4 is 21.7 Å². The van der Waals surface area contributed by atoms with E-state index in [4.69, 9.17) is 9.15 Å². The van der Waals surface area contributed by atoms with Gasteiger partial charge in [-0.3, -0.25) is 0 Å². The Labute approximate surface area is 188 Å². The summed E-state index contributed by atoms with van der Waals surface area (Å²) in [7, 11) is 2.15.